The first-order valence-electron chi connectivity index (χ1n) is 5.51. The van der Waals surface area contributed by atoms with Crippen LogP contribution >= 0.6 is 0 Å². The average molecular weight is 220 g/mol. The number of benzene rings is 1. The zero-order chi connectivity index (χ0) is 12.1. The maximum Gasteiger partial charge on any atom is 0.123 e. The number of halogens is 1. The van der Waals surface area contributed by atoms with Crippen LogP contribution in [0.5, 0.6) is 0 Å². The van der Waals surface area contributed by atoms with Crippen molar-refractivity contribution in [3.63, 3.8) is 0 Å². The average Bonchev–Trinajstić information content (AvgIpc) is 2.25. The molecule has 2 nitrogen and oxygen atoms in total. The minimum absolute atomic E-state index is 0.284. The van der Waals surface area contributed by atoms with Crippen LogP contribution < -0.4 is 0 Å². The molecule has 0 aliphatic carbocycles. The summed E-state index contributed by atoms with van der Waals surface area (Å²) in [7, 11) is 0. The molecule has 0 atom stereocenters. The van der Waals surface area contributed by atoms with Gasteiger partial charge >= 0.3 is 0 Å². The van der Waals surface area contributed by atoms with E-state index in [1.807, 2.05) is 0 Å². The van der Waals surface area contributed by atoms with Crippen LogP contribution in [0.4, 0.5) is 4.39 Å². The van der Waals surface area contributed by atoms with Crippen molar-refractivity contribution in [3.05, 3.63) is 35.1 Å². The molecule has 0 radical (unpaired) electrons. The van der Waals surface area contributed by atoms with Gasteiger partial charge in [0.2, 0.25) is 0 Å². The van der Waals surface area contributed by atoms with E-state index in [0.29, 0.717) is 18.2 Å². The van der Waals surface area contributed by atoms with Crippen molar-refractivity contribution in [1.82, 2.24) is 4.90 Å². The fraction of sp³-hybridized carbons (Fsp3) is 0.462. The van der Waals surface area contributed by atoms with Crippen LogP contribution in [0.1, 0.15) is 31.9 Å². The molecule has 0 aliphatic heterocycles. The van der Waals surface area contributed by atoms with Gasteiger partial charge in [-0.1, -0.05) is 6.92 Å². The van der Waals surface area contributed by atoms with Crippen molar-refractivity contribution in [3.8, 4) is 6.07 Å². The Labute approximate surface area is 96.3 Å². The molecule has 1 aromatic carbocycles. The van der Waals surface area contributed by atoms with Crippen LogP contribution in [0.25, 0.3) is 0 Å². The van der Waals surface area contributed by atoms with Gasteiger partial charge in [0.05, 0.1) is 11.6 Å². The van der Waals surface area contributed by atoms with E-state index < -0.39 is 0 Å². The van der Waals surface area contributed by atoms with Gasteiger partial charge in [-0.05, 0) is 44.2 Å². The Hall–Kier alpha value is -1.40. The number of nitriles is 1. The Morgan fingerprint density at radius 1 is 1.44 bits per heavy atom. The first-order valence-corrected chi connectivity index (χ1v) is 5.51. The molecular weight excluding hydrogens is 203 g/mol. The van der Waals surface area contributed by atoms with Crippen LogP contribution in [0.15, 0.2) is 18.2 Å². The summed E-state index contributed by atoms with van der Waals surface area (Å²) in [6.07, 6.45) is 0. The number of hydrogen-bond acceptors (Lipinski definition) is 2. The highest BCUT2D eigenvalue weighted by Gasteiger charge is 2.11. The zero-order valence-electron chi connectivity index (χ0n) is 10.00. The van der Waals surface area contributed by atoms with Gasteiger partial charge in [-0.2, -0.15) is 5.26 Å². The quantitative estimate of drug-likeness (QED) is 0.780. The normalized spacial score (nSPS) is 10.8. The van der Waals surface area contributed by atoms with E-state index in [9.17, 15) is 4.39 Å². The summed E-state index contributed by atoms with van der Waals surface area (Å²) in [5, 5.41) is 8.94. The second-order valence-corrected chi connectivity index (χ2v) is 4.07. The van der Waals surface area contributed by atoms with Gasteiger partial charge in [0.15, 0.2) is 0 Å². The maximum absolute atomic E-state index is 13.1. The van der Waals surface area contributed by atoms with E-state index in [1.165, 1.54) is 12.1 Å². The smallest absolute Gasteiger partial charge is 0.123 e. The summed E-state index contributed by atoms with van der Waals surface area (Å²) in [5.74, 6) is -0.284. The summed E-state index contributed by atoms with van der Waals surface area (Å²) in [6, 6.07) is 6.80. The minimum atomic E-state index is -0.284. The molecule has 1 rings (SSSR count). The van der Waals surface area contributed by atoms with Crippen LogP contribution in [-0.2, 0) is 6.54 Å². The highest BCUT2D eigenvalue weighted by Crippen LogP contribution is 2.14. The van der Waals surface area contributed by atoms with Crippen LogP contribution in [0, 0.1) is 17.1 Å². The van der Waals surface area contributed by atoms with Gasteiger partial charge < -0.3 is 0 Å². The standard InChI is InChI=1S/C13H17FN2/c1-4-16(10(2)3)9-12-7-13(14)6-5-11(12)8-15/h5-7,10H,4,9H2,1-3H3. The van der Waals surface area contributed by atoms with Crippen LogP contribution in [0.2, 0.25) is 0 Å². The highest BCUT2D eigenvalue weighted by molar-refractivity contribution is 5.37. The molecule has 0 amide bonds. The van der Waals surface area contributed by atoms with Crippen molar-refractivity contribution in [1.29, 1.82) is 5.26 Å². The number of hydrogen-bond donors (Lipinski definition) is 0. The molecule has 86 valence electrons. The van der Waals surface area contributed by atoms with E-state index in [1.54, 1.807) is 6.07 Å². The third-order valence-corrected chi connectivity index (χ3v) is 2.70. The summed E-state index contributed by atoms with van der Waals surface area (Å²) < 4.78 is 13.1. The predicted octanol–water partition coefficient (Wildman–Crippen LogP) is 2.93. The van der Waals surface area contributed by atoms with Crippen molar-refractivity contribution >= 4 is 0 Å². The van der Waals surface area contributed by atoms with Gasteiger partial charge in [0.1, 0.15) is 5.82 Å². The molecule has 16 heavy (non-hydrogen) atoms. The second-order valence-electron chi connectivity index (χ2n) is 4.07. The second kappa shape index (κ2) is 5.62. The number of nitrogens with zero attached hydrogens (tertiary/aromatic N) is 2. The lowest BCUT2D eigenvalue weighted by atomic mass is 10.1. The lowest BCUT2D eigenvalue weighted by molar-refractivity contribution is 0.224. The molecule has 3 heteroatoms. The van der Waals surface area contributed by atoms with Gasteiger partial charge in [-0.3, -0.25) is 4.90 Å². The SMILES string of the molecule is CCN(Cc1cc(F)ccc1C#N)C(C)C. The first kappa shape index (κ1) is 12.7. The van der Waals surface area contributed by atoms with Gasteiger partial charge in [-0.25, -0.2) is 4.39 Å². The molecule has 0 heterocycles. The van der Waals surface area contributed by atoms with Crippen molar-refractivity contribution < 1.29 is 4.39 Å². The van der Waals surface area contributed by atoms with Gasteiger partial charge in [0, 0.05) is 12.6 Å². The summed E-state index contributed by atoms with van der Waals surface area (Å²) in [4.78, 5) is 2.19. The molecular formula is C13H17FN2. The van der Waals surface area contributed by atoms with E-state index in [0.717, 1.165) is 12.1 Å². The zero-order valence-corrected chi connectivity index (χ0v) is 10.00. The van der Waals surface area contributed by atoms with Gasteiger partial charge in [0.25, 0.3) is 0 Å². The van der Waals surface area contributed by atoms with Crippen molar-refractivity contribution in [2.45, 2.75) is 33.4 Å². The molecule has 0 N–H and O–H groups in total. The van der Waals surface area contributed by atoms with Crippen LogP contribution in [0.3, 0.4) is 0 Å². The predicted molar refractivity (Wildman–Crippen MR) is 62.3 cm³/mol. The summed E-state index contributed by atoms with van der Waals surface area (Å²) >= 11 is 0. The van der Waals surface area contributed by atoms with Gasteiger partial charge in [-0.15, -0.1) is 0 Å². The molecule has 0 aromatic heterocycles. The van der Waals surface area contributed by atoms with E-state index in [4.69, 9.17) is 5.26 Å². The molecule has 0 saturated heterocycles. The molecule has 0 saturated carbocycles. The minimum Gasteiger partial charge on any atom is -0.297 e. The lowest BCUT2D eigenvalue weighted by Gasteiger charge is -2.25. The Morgan fingerprint density at radius 2 is 2.12 bits per heavy atom. The molecule has 0 bridgehead atoms. The Kier molecular flexibility index (Phi) is 4.45. The molecule has 0 aliphatic rings. The highest BCUT2D eigenvalue weighted by atomic mass is 19.1. The summed E-state index contributed by atoms with van der Waals surface area (Å²) in [6.45, 7) is 7.75. The molecule has 0 spiro atoms. The fourth-order valence-electron chi connectivity index (χ4n) is 1.68. The first-order chi connectivity index (χ1) is 7.58. The Balaban J connectivity index is 2.95. The fourth-order valence-corrected chi connectivity index (χ4v) is 1.68. The number of rotatable bonds is 4. The topological polar surface area (TPSA) is 27.0 Å². The third-order valence-electron chi connectivity index (χ3n) is 2.70. The third kappa shape index (κ3) is 3.04. The van der Waals surface area contributed by atoms with E-state index in [2.05, 4.69) is 31.7 Å². The van der Waals surface area contributed by atoms with E-state index >= 15 is 0 Å². The summed E-state index contributed by atoms with van der Waals surface area (Å²) in [5.41, 5.74) is 1.32. The lowest BCUT2D eigenvalue weighted by Crippen LogP contribution is -2.30. The molecule has 0 fully saturated rings. The van der Waals surface area contributed by atoms with E-state index in [-0.39, 0.29) is 5.82 Å². The van der Waals surface area contributed by atoms with Crippen molar-refractivity contribution in [2.24, 2.45) is 0 Å². The van der Waals surface area contributed by atoms with Crippen molar-refractivity contribution in [2.75, 3.05) is 6.54 Å². The Bertz CT molecular complexity index is 393. The van der Waals surface area contributed by atoms with Crippen LogP contribution in [-0.4, -0.2) is 17.5 Å². The molecule has 0 unspecified atom stereocenters. The maximum atomic E-state index is 13.1. The Morgan fingerprint density at radius 3 is 2.62 bits per heavy atom. The molecule has 1 aromatic rings. The monoisotopic (exact) mass is 220 g/mol. The largest absolute Gasteiger partial charge is 0.297 e.